The molecule has 0 spiro atoms. The minimum atomic E-state index is -0.416. The highest BCUT2D eigenvalue weighted by Crippen LogP contribution is 2.30. The number of hydrogen-bond acceptors (Lipinski definition) is 8. The van der Waals surface area contributed by atoms with Crippen LogP contribution in [-0.2, 0) is 0 Å². The zero-order valence-corrected chi connectivity index (χ0v) is 15.2. The van der Waals surface area contributed by atoms with Gasteiger partial charge in [-0.3, -0.25) is 9.89 Å². The van der Waals surface area contributed by atoms with Crippen LogP contribution in [0.15, 0.2) is 59.8 Å². The Morgan fingerprint density at radius 2 is 2.07 bits per heavy atom. The van der Waals surface area contributed by atoms with Gasteiger partial charge in [-0.05, 0) is 24.3 Å². The average Bonchev–Trinajstić information content (AvgIpc) is 3.38. The molecule has 0 aliphatic carbocycles. The first kappa shape index (κ1) is 16.8. The van der Waals surface area contributed by atoms with Crippen LogP contribution in [0.3, 0.4) is 0 Å². The number of hydrogen-bond donors (Lipinski definition) is 2. The molecule has 4 heterocycles. The molecule has 5 rings (SSSR count). The molecule has 0 saturated carbocycles. The van der Waals surface area contributed by atoms with Crippen molar-refractivity contribution in [1.82, 2.24) is 34.8 Å². The van der Waals surface area contributed by atoms with Gasteiger partial charge < -0.3 is 10.1 Å². The van der Waals surface area contributed by atoms with Gasteiger partial charge in [-0.25, -0.2) is 15.0 Å². The van der Waals surface area contributed by atoms with Crippen molar-refractivity contribution in [2.24, 2.45) is 0 Å². The van der Waals surface area contributed by atoms with E-state index in [1.165, 1.54) is 6.20 Å². The summed E-state index contributed by atoms with van der Waals surface area (Å²) in [5, 5.41) is 15.1. The van der Waals surface area contributed by atoms with Crippen molar-refractivity contribution in [3.63, 3.8) is 0 Å². The minimum Gasteiger partial charge on any atom is -0.494 e. The zero-order chi connectivity index (χ0) is 19.8. The summed E-state index contributed by atoms with van der Waals surface area (Å²) >= 11 is 0. The highest BCUT2D eigenvalue weighted by molar-refractivity contribution is 5.96. The number of benzene rings is 1. The van der Waals surface area contributed by atoms with Crippen LogP contribution in [0, 0.1) is 0 Å². The fraction of sp³-hybridized carbons (Fsp3) is 0.0526. The van der Waals surface area contributed by atoms with Gasteiger partial charge in [0.15, 0.2) is 11.5 Å². The number of nitrogens with zero attached hydrogens (tertiary/aromatic N) is 6. The van der Waals surface area contributed by atoms with E-state index in [0.717, 1.165) is 10.9 Å². The second kappa shape index (κ2) is 6.68. The maximum atomic E-state index is 12.3. The summed E-state index contributed by atoms with van der Waals surface area (Å²) in [6, 6.07) is 10.6. The molecule has 2 N–H and O–H groups in total. The highest BCUT2D eigenvalue weighted by Gasteiger charge is 2.17. The second-order valence-corrected chi connectivity index (χ2v) is 6.12. The van der Waals surface area contributed by atoms with E-state index >= 15 is 0 Å². The third kappa shape index (κ3) is 2.83. The Balaban J connectivity index is 1.81. The highest BCUT2D eigenvalue weighted by atomic mass is 16.5. The van der Waals surface area contributed by atoms with Gasteiger partial charge in [-0.2, -0.15) is 9.61 Å². The van der Waals surface area contributed by atoms with Crippen molar-refractivity contribution in [2.75, 3.05) is 12.4 Å². The molecule has 29 heavy (non-hydrogen) atoms. The number of H-pyrrole nitrogens is 1. The molecule has 0 bridgehead atoms. The van der Waals surface area contributed by atoms with E-state index in [0.29, 0.717) is 28.7 Å². The fourth-order valence-corrected chi connectivity index (χ4v) is 3.02. The average molecular weight is 386 g/mol. The topological polar surface area (TPSA) is 123 Å². The lowest BCUT2D eigenvalue weighted by Crippen LogP contribution is -2.11. The molecule has 0 amide bonds. The first-order valence-electron chi connectivity index (χ1n) is 8.69. The molecule has 0 atom stereocenters. The Hall–Kier alpha value is -4.34. The molecular weight excluding hydrogens is 372 g/mol. The normalized spacial score (nSPS) is 11.1. The molecule has 1 aromatic carbocycles. The Bertz CT molecular complexity index is 1400. The molecule has 5 aromatic rings. The van der Waals surface area contributed by atoms with Crippen molar-refractivity contribution < 1.29 is 4.74 Å². The first-order valence-corrected chi connectivity index (χ1v) is 8.69. The third-order valence-electron chi connectivity index (χ3n) is 4.37. The van der Waals surface area contributed by atoms with Gasteiger partial charge in [0.05, 0.1) is 18.9 Å². The number of ether oxygens (including phenoxy) is 1. The molecule has 4 aromatic heterocycles. The maximum Gasteiger partial charge on any atom is 0.293 e. The van der Waals surface area contributed by atoms with Crippen molar-refractivity contribution in [1.29, 1.82) is 0 Å². The van der Waals surface area contributed by atoms with Crippen LogP contribution in [0.1, 0.15) is 0 Å². The Labute approximate surface area is 163 Å². The molecule has 10 heteroatoms. The van der Waals surface area contributed by atoms with Gasteiger partial charge in [0.1, 0.15) is 17.0 Å². The van der Waals surface area contributed by atoms with Crippen molar-refractivity contribution in [3.05, 3.63) is 65.3 Å². The predicted octanol–water partition coefficient (Wildman–Crippen LogP) is 2.17. The number of aromatic amines is 1. The Morgan fingerprint density at radius 1 is 1.14 bits per heavy atom. The summed E-state index contributed by atoms with van der Waals surface area (Å²) in [4.78, 5) is 25.4. The minimum absolute atomic E-state index is 0.262. The van der Waals surface area contributed by atoms with E-state index in [4.69, 9.17) is 4.74 Å². The van der Waals surface area contributed by atoms with Crippen LogP contribution >= 0.6 is 0 Å². The smallest absolute Gasteiger partial charge is 0.293 e. The third-order valence-corrected chi connectivity index (χ3v) is 4.37. The van der Waals surface area contributed by atoms with Crippen molar-refractivity contribution >= 4 is 28.2 Å². The summed E-state index contributed by atoms with van der Waals surface area (Å²) < 4.78 is 7.01. The molecule has 0 radical (unpaired) electrons. The molecule has 0 fully saturated rings. The molecule has 0 aliphatic heterocycles. The Morgan fingerprint density at radius 3 is 2.90 bits per heavy atom. The Kier molecular flexibility index (Phi) is 3.87. The number of aromatic nitrogens is 7. The second-order valence-electron chi connectivity index (χ2n) is 6.12. The van der Waals surface area contributed by atoms with Gasteiger partial charge in [-0.1, -0.05) is 12.1 Å². The van der Waals surface area contributed by atoms with Gasteiger partial charge >= 0.3 is 0 Å². The van der Waals surface area contributed by atoms with Gasteiger partial charge in [-0.15, -0.1) is 5.10 Å². The SMILES string of the molecule is COc1cccc2c1nc(Nc1ccccnc1=O)n1nc(-c3cn[nH]c3)nc21. The summed E-state index contributed by atoms with van der Waals surface area (Å²) in [5.74, 6) is 1.36. The number of para-hydroxylation sites is 1. The van der Waals surface area contributed by atoms with E-state index < -0.39 is 5.56 Å². The van der Waals surface area contributed by atoms with Crippen LogP contribution in [0.25, 0.3) is 27.9 Å². The van der Waals surface area contributed by atoms with Gasteiger partial charge in [0.25, 0.3) is 5.56 Å². The summed E-state index contributed by atoms with van der Waals surface area (Å²) in [6.45, 7) is 0. The quantitative estimate of drug-likeness (QED) is 0.482. The van der Waals surface area contributed by atoms with E-state index in [9.17, 15) is 4.79 Å². The molecule has 0 unspecified atom stereocenters. The summed E-state index contributed by atoms with van der Waals surface area (Å²) in [6.07, 6.45) is 4.77. The first-order chi connectivity index (χ1) is 14.2. The van der Waals surface area contributed by atoms with Crippen LogP contribution < -0.4 is 15.6 Å². The molecular formula is C19H14N8O2. The number of methoxy groups -OCH3 is 1. The molecule has 10 nitrogen and oxygen atoms in total. The lowest BCUT2D eigenvalue weighted by Gasteiger charge is -2.09. The molecule has 142 valence electrons. The summed E-state index contributed by atoms with van der Waals surface area (Å²) in [7, 11) is 1.57. The van der Waals surface area contributed by atoms with Crippen LogP contribution in [0.2, 0.25) is 0 Å². The lowest BCUT2D eigenvalue weighted by atomic mass is 10.2. The van der Waals surface area contributed by atoms with E-state index in [1.807, 2.05) is 18.2 Å². The largest absolute Gasteiger partial charge is 0.494 e. The monoisotopic (exact) mass is 386 g/mol. The van der Waals surface area contributed by atoms with Crippen molar-refractivity contribution in [3.8, 4) is 17.1 Å². The standard InChI is InChI=1S/C19H14N8O2/c1-29-14-7-4-5-12-15(14)24-19(23-13-6-2-3-8-20-18(13)28)27-17(12)25-16(26-27)11-9-21-22-10-11/h2-10H,1H3,(H,21,22)(H,20,23,24,28). The van der Waals surface area contributed by atoms with E-state index in [-0.39, 0.29) is 5.69 Å². The van der Waals surface area contributed by atoms with E-state index in [1.54, 1.807) is 42.2 Å². The number of fused-ring (bicyclic) bond motifs is 3. The predicted molar refractivity (Wildman–Crippen MR) is 106 cm³/mol. The summed E-state index contributed by atoms with van der Waals surface area (Å²) in [5.41, 5.74) is 1.73. The number of rotatable bonds is 4. The number of anilines is 2. The van der Waals surface area contributed by atoms with Gasteiger partial charge in [0, 0.05) is 17.8 Å². The maximum absolute atomic E-state index is 12.3. The number of nitrogens with one attached hydrogen (secondary N) is 2. The lowest BCUT2D eigenvalue weighted by molar-refractivity contribution is 0.419. The fourth-order valence-electron chi connectivity index (χ4n) is 3.02. The van der Waals surface area contributed by atoms with Gasteiger partial charge in [0.2, 0.25) is 5.95 Å². The van der Waals surface area contributed by atoms with E-state index in [2.05, 4.69) is 35.6 Å². The van der Waals surface area contributed by atoms with Crippen LogP contribution in [0.5, 0.6) is 5.75 Å². The van der Waals surface area contributed by atoms with Crippen molar-refractivity contribution in [2.45, 2.75) is 0 Å². The van der Waals surface area contributed by atoms with Crippen LogP contribution in [0.4, 0.5) is 11.6 Å². The van der Waals surface area contributed by atoms with Crippen LogP contribution in [-0.4, -0.2) is 41.9 Å². The molecule has 0 saturated heterocycles. The zero-order valence-electron chi connectivity index (χ0n) is 15.2. The molecule has 0 aliphatic rings.